The minimum absolute atomic E-state index is 0.0200. The van der Waals surface area contributed by atoms with Gasteiger partial charge in [-0.05, 0) is 52.4 Å². The summed E-state index contributed by atoms with van der Waals surface area (Å²) < 4.78 is 30.4. The normalized spacial score (nSPS) is 30.1. The summed E-state index contributed by atoms with van der Waals surface area (Å²) in [5.41, 5.74) is 1.14. The Morgan fingerprint density at radius 1 is 1.09 bits per heavy atom. The number of thiazole rings is 1. The van der Waals surface area contributed by atoms with Crippen LogP contribution < -0.4 is 0 Å². The van der Waals surface area contributed by atoms with E-state index in [1.165, 1.54) is 17.8 Å². The van der Waals surface area contributed by atoms with Crippen LogP contribution in [0.3, 0.4) is 0 Å². The molecule has 0 spiro atoms. The second-order valence-corrected chi connectivity index (χ2v) is 12.9. The molecule has 2 aliphatic heterocycles. The zero-order chi connectivity index (χ0) is 24.8. The molecule has 1 unspecified atom stereocenters. The quantitative estimate of drug-likeness (QED) is 0.535. The van der Waals surface area contributed by atoms with Crippen molar-refractivity contribution in [2.45, 2.75) is 101 Å². The van der Waals surface area contributed by atoms with Crippen molar-refractivity contribution in [1.29, 1.82) is 0 Å². The molecule has 2 saturated heterocycles. The third kappa shape index (κ3) is 5.45. The van der Waals surface area contributed by atoms with Gasteiger partial charge >= 0.3 is 0 Å². The fourth-order valence-corrected chi connectivity index (χ4v) is 7.58. The Balaban J connectivity index is 1.20. The van der Waals surface area contributed by atoms with E-state index in [9.17, 15) is 4.79 Å². The van der Waals surface area contributed by atoms with Crippen molar-refractivity contribution in [2.24, 2.45) is 5.92 Å². The van der Waals surface area contributed by atoms with E-state index in [2.05, 4.69) is 36.0 Å². The van der Waals surface area contributed by atoms with Crippen molar-refractivity contribution in [3.63, 3.8) is 0 Å². The molecule has 2 aliphatic carbocycles. The molecule has 8 heteroatoms. The number of carbonyl (C=O) groups is 1. The fourth-order valence-electron chi connectivity index (χ4n) is 6.43. The Bertz CT molecular complexity index is 885. The van der Waals surface area contributed by atoms with Crippen molar-refractivity contribution < 1.29 is 13.6 Å². The van der Waals surface area contributed by atoms with E-state index in [0.717, 1.165) is 51.1 Å². The van der Waals surface area contributed by atoms with E-state index in [1.807, 2.05) is 4.90 Å². The Hall–Kier alpha value is -1.12. The molecule has 1 amide bonds. The average molecular weight is 509 g/mol. The molecule has 0 aromatic carbocycles. The van der Waals surface area contributed by atoms with Crippen LogP contribution in [0.4, 0.5) is 8.78 Å². The number of rotatable bonds is 6. The highest BCUT2D eigenvalue weighted by Gasteiger charge is 2.50. The molecular weight excluding hydrogens is 466 g/mol. The smallest absolute Gasteiger partial charge is 0.252 e. The number of carbonyl (C=O) groups excluding carboxylic acids is 1. The highest BCUT2D eigenvalue weighted by molar-refractivity contribution is 7.09. The number of halogens is 2. The maximum absolute atomic E-state index is 15.2. The van der Waals surface area contributed by atoms with Crippen LogP contribution in [0, 0.1) is 5.92 Å². The molecular formula is C27H42F2N4OS. The van der Waals surface area contributed by atoms with Crippen LogP contribution >= 0.6 is 11.3 Å². The first-order chi connectivity index (χ1) is 16.7. The molecule has 5 nitrogen and oxygen atoms in total. The van der Waals surface area contributed by atoms with Crippen LogP contribution in [0.5, 0.6) is 0 Å². The fraction of sp³-hybridized carbons (Fsp3) is 0.852. The van der Waals surface area contributed by atoms with Gasteiger partial charge in [-0.25, -0.2) is 13.8 Å². The first kappa shape index (κ1) is 25.5. The maximum atomic E-state index is 15.2. The molecule has 35 heavy (non-hydrogen) atoms. The summed E-state index contributed by atoms with van der Waals surface area (Å²) >= 11 is 1.78. The summed E-state index contributed by atoms with van der Waals surface area (Å²) in [6.45, 7) is 11.4. The van der Waals surface area contributed by atoms with Crippen LogP contribution in [0.25, 0.3) is 0 Å². The Morgan fingerprint density at radius 3 is 2.40 bits per heavy atom. The van der Waals surface area contributed by atoms with Gasteiger partial charge in [-0.2, -0.15) is 0 Å². The van der Waals surface area contributed by atoms with Crippen LogP contribution in [-0.2, 0) is 10.2 Å². The van der Waals surface area contributed by atoms with E-state index in [4.69, 9.17) is 4.98 Å². The molecule has 1 aromatic heterocycles. The molecule has 1 aromatic rings. The number of hydrogen-bond acceptors (Lipinski definition) is 5. The minimum Gasteiger partial charge on any atom is -0.343 e. The average Bonchev–Trinajstić information content (AvgIpc) is 3.56. The minimum atomic E-state index is -2.77. The van der Waals surface area contributed by atoms with Gasteiger partial charge in [0.25, 0.3) is 5.92 Å². The highest BCUT2D eigenvalue weighted by Crippen LogP contribution is 2.45. The van der Waals surface area contributed by atoms with E-state index < -0.39 is 11.8 Å². The topological polar surface area (TPSA) is 39.7 Å². The number of aromatic nitrogens is 1. The summed E-state index contributed by atoms with van der Waals surface area (Å²) in [6, 6.07) is 0.291. The van der Waals surface area contributed by atoms with Crippen molar-refractivity contribution in [3.8, 4) is 0 Å². The van der Waals surface area contributed by atoms with E-state index in [0.29, 0.717) is 31.5 Å². The Morgan fingerprint density at radius 2 is 1.77 bits per heavy atom. The first-order valence-corrected chi connectivity index (χ1v) is 14.6. The molecule has 4 aliphatic rings. The molecule has 0 radical (unpaired) electrons. The van der Waals surface area contributed by atoms with E-state index in [-0.39, 0.29) is 30.2 Å². The third-order valence-corrected chi connectivity index (χ3v) is 10.3. The second kappa shape index (κ2) is 9.97. The first-order valence-electron chi connectivity index (χ1n) is 13.8. The lowest BCUT2D eigenvalue weighted by atomic mass is 9.76. The lowest BCUT2D eigenvalue weighted by Crippen LogP contribution is -2.58. The number of likely N-dealkylation sites (tertiary alicyclic amines) is 1. The maximum Gasteiger partial charge on any atom is 0.252 e. The summed E-state index contributed by atoms with van der Waals surface area (Å²) in [7, 11) is 0. The lowest BCUT2D eigenvalue weighted by molar-refractivity contribution is -0.151. The summed E-state index contributed by atoms with van der Waals surface area (Å²) in [4.78, 5) is 24.8. The molecule has 2 saturated carbocycles. The van der Waals surface area contributed by atoms with E-state index in [1.54, 1.807) is 11.3 Å². The second-order valence-electron chi connectivity index (χ2n) is 12.0. The SMILES string of the molecule is CC(C)N1CCN([C@H]2CCCC(F)(F)C2CC(=O)N2CCC(C)(c3csc(C4CC4)n3)CC2)CC1. The van der Waals surface area contributed by atoms with Gasteiger partial charge in [0.2, 0.25) is 5.91 Å². The molecule has 2 atom stereocenters. The number of piperazine rings is 1. The van der Waals surface area contributed by atoms with Gasteiger partial charge in [0.1, 0.15) is 0 Å². The number of piperidine rings is 1. The molecule has 5 rings (SSSR count). The Labute approximate surface area is 213 Å². The zero-order valence-electron chi connectivity index (χ0n) is 21.6. The molecule has 0 bridgehead atoms. The Kier molecular flexibility index (Phi) is 7.27. The van der Waals surface area contributed by atoms with Crippen molar-refractivity contribution in [1.82, 2.24) is 19.7 Å². The van der Waals surface area contributed by atoms with Gasteiger partial charge < -0.3 is 4.90 Å². The molecule has 3 heterocycles. The lowest BCUT2D eigenvalue weighted by Gasteiger charge is -2.47. The van der Waals surface area contributed by atoms with Gasteiger partial charge in [-0.3, -0.25) is 14.6 Å². The summed E-state index contributed by atoms with van der Waals surface area (Å²) in [6.07, 6.45) is 5.44. The summed E-state index contributed by atoms with van der Waals surface area (Å²) in [5.74, 6) is -3.06. The van der Waals surface area contributed by atoms with Gasteiger partial charge in [0.05, 0.1) is 10.7 Å². The van der Waals surface area contributed by atoms with Crippen LogP contribution in [-0.4, -0.2) is 82.9 Å². The van der Waals surface area contributed by atoms with Crippen molar-refractivity contribution in [3.05, 3.63) is 16.1 Å². The van der Waals surface area contributed by atoms with Gasteiger partial charge in [-0.15, -0.1) is 11.3 Å². The van der Waals surface area contributed by atoms with Crippen molar-refractivity contribution >= 4 is 17.2 Å². The predicted octanol–water partition coefficient (Wildman–Crippen LogP) is 5.12. The van der Waals surface area contributed by atoms with Crippen molar-refractivity contribution in [2.75, 3.05) is 39.3 Å². The number of hydrogen-bond donors (Lipinski definition) is 0. The van der Waals surface area contributed by atoms with Crippen LogP contribution in [0.1, 0.15) is 88.8 Å². The molecule has 4 fully saturated rings. The standard InChI is InChI=1S/C27H42F2N4OS/c1-19(2)31-13-15-32(16-14-31)22-5-4-8-27(28,29)21(22)17-24(34)33-11-9-26(3,10-12-33)23-18-35-25(30-23)20-6-7-20/h18-22H,4-17H2,1-3H3/t21?,22-/m0/s1. The molecule has 0 N–H and O–H groups in total. The highest BCUT2D eigenvalue weighted by atomic mass is 32.1. The van der Waals surface area contributed by atoms with Crippen LogP contribution in [0.2, 0.25) is 0 Å². The molecule has 196 valence electrons. The van der Waals surface area contributed by atoms with Gasteiger partial charge in [0.15, 0.2) is 0 Å². The third-order valence-electron chi connectivity index (χ3n) is 9.25. The zero-order valence-corrected chi connectivity index (χ0v) is 22.5. The number of alkyl halides is 2. The largest absolute Gasteiger partial charge is 0.343 e. The number of amides is 1. The predicted molar refractivity (Wildman–Crippen MR) is 136 cm³/mol. The van der Waals surface area contributed by atoms with E-state index >= 15 is 8.78 Å². The van der Waals surface area contributed by atoms with Gasteiger partial charge in [0, 0.05) is 86.8 Å². The number of nitrogens with zero attached hydrogens (tertiary/aromatic N) is 4. The van der Waals surface area contributed by atoms with Gasteiger partial charge in [-0.1, -0.05) is 6.92 Å². The van der Waals surface area contributed by atoms with Crippen LogP contribution in [0.15, 0.2) is 5.38 Å². The summed E-state index contributed by atoms with van der Waals surface area (Å²) in [5, 5.41) is 3.47. The monoisotopic (exact) mass is 508 g/mol.